The molecule has 0 saturated heterocycles. The number of ether oxygens (including phenoxy) is 7. The molecule has 0 aromatic heterocycles. The first kappa shape index (κ1) is 62.6. The molecule has 0 saturated carbocycles. The number of unbranched alkanes of at least 4 members (excludes halogenated alkanes) is 6. The van der Waals surface area contributed by atoms with Gasteiger partial charge in [-0.15, -0.1) is 0 Å². The Bertz CT molecular complexity index is 3100. The number of esters is 2. The van der Waals surface area contributed by atoms with Crippen LogP contribution < -0.4 is 43.8 Å². The molecule has 6 aromatic rings. The van der Waals surface area contributed by atoms with Gasteiger partial charge in [0.15, 0.2) is 0 Å². The van der Waals surface area contributed by atoms with Crippen molar-refractivity contribution in [1.82, 2.24) is 10.6 Å². The molecule has 0 radical (unpaired) electrons. The third-order valence-corrected chi connectivity index (χ3v) is 14.0. The van der Waals surface area contributed by atoms with E-state index in [4.69, 9.17) is 33.2 Å². The molecule has 2 amide bonds. The highest BCUT2D eigenvalue weighted by atomic mass is 32.2. The summed E-state index contributed by atoms with van der Waals surface area (Å²) in [6.07, 6.45) is 13.6. The van der Waals surface area contributed by atoms with Crippen LogP contribution in [-0.2, 0) is 21.0 Å². The summed E-state index contributed by atoms with van der Waals surface area (Å²) in [6, 6.07) is 36.3. The Balaban J connectivity index is 0.812. The average molecular weight is 1130 g/mol. The van der Waals surface area contributed by atoms with E-state index in [9.17, 15) is 24.0 Å². The average Bonchev–Trinajstić information content (AvgIpc) is 3.55. The molecule has 2 N–H and O–H groups in total. The number of hydrogen-bond donors (Lipinski definition) is 2. The first-order valence-corrected chi connectivity index (χ1v) is 28.5. The number of hydrogen-bond acceptors (Lipinski definition) is 13. The van der Waals surface area contributed by atoms with Crippen molar-refractivity contribution in [2.75, 3.05) is 39.5 Å². The van der Waals surface area contributed by atoms with E-state index < -0.39 is 11.9 Å². The molecule has 0 aliphatic rings. The van der Waals surface area contributed by atoms with Gasteiger partial charge in [-0.25, -0.2) is 9.59 Å². The second-order valence-electron chi connectivity index (χ2n) is 19.3. The largest absolute Gasteiger partial charge is 0.494 e. The van der Waals surface area contributed by atoms with Crippen LogP contribution in [0.15, 0.2) is 158 Å². The summed E-state index contributed by atoms with van der Waals surface area (Å²) in [5.74, 6) is 3.03. The second-order valence-corrected chi connectivity index (χ2v) is 20.4. The fraction of sp³-hybridized carbons (Fsp3) is 0.299. The summed E-state index contributed by atoms with van der Waals surface area (Å²) < 4.78 is 40.9. The predicted molar refractivity (Wildman–Crippen MR) is 322 cm³/mol. The first-order valence-electron chi connectivity index (χ1n) is 27.7. The smallest absolute Gasteiger partial charge is 0.344 e. The van der Waals surface area contributed by atoms with E-state index in [-0.39, 0.29) is 16.9 Å². The molecule has 6 rings (SSSR count). The van der Waals surface area contributed by atoms with Crippen molar-refractivity contribution < 1.29 is 57.1 Å². The van der Waals surface area contributed by atoms with Gasteiger partial charge in [0, 0.05) is 29.6 Å². The number of rotatable bonds is 34. The van der Waals surface area contributed by atoms with E-state index in [0.29, 0.717) is 86.0 Å². The molecule has 82 heavy (non-hydrogen) atoms. The molecule has 6 aromatic carbocycles. The first-order chi connectivity index (χ1) is 39.8. The minimum absolute atomic E-state index is 0.0860. The molecule has 0 aliphatic carbocycles. The molecule has 15 heteroatoms. The normalized spacial score (nSPS) is 10.8. The Hall–Kier alpha value is -8.56. The molecule has 0 fully saturated rings. The zero-order chi connectivity index (χ0) is 58.5. The van der Waals surface area contributed by atoms with Crippen molar-refractivity contribution in [3.05, 3.63) is 197 Å². The maximum atomic E-state index is 13.4. The molecule has 0 atom stereocenters. The Morgan fingerprint density at radius 3 is 1.51 bits per heavy atom. The van der Waals surface area contributed by atoms with Crippen LogP contribution in [0.1, 0.15) is 112 Å². The Labute approximate surface area is 486 Å². The zero-order valence-electron chi connectivity index (χ0n) is 47.4. The minimum atomic E-state index is -0.520. The summed E-state index contributed by atoms with van der Waals surface area (Å²) in [7, 11) is 0. The van der Waals surface area contributed by atoms with Gasteiger partial charge >= 0.3 is 11.9 Å². The summed E-state index contributed by atoms with van der Waals surface area (Å²) >= 11 is 1.14. The summed E-state index contributed by atoms with van der Waals surface area (Å²) in [6.45, 7) is 18.3. The Kier molecular flexibility index (Phi) is 25.9. The van der Waals surface area contributed by atoms with E-state index in [2.05, 4.69) is 23.8 Å². The summed E-state index contributed by atoms with van der Waals surface area (Å²) in [4.78, 5) is 62.4. The predicted octanol–water partition coefficient (Wildman–Crippen LogP) is 13.6. The van der Waals surface area contributed by atoms with E-state index in [0.717, 1.165) is 119 Å². The number of aryl methyl sites for hydroxylation is 2. The summed E-state index contributed by atoms with van der Waals surface area (Å²) in [5, 5.41) is 5.39. The highest BCUT2D eigenvalue weighted by Gasteiger charge is 2.20. The number of nitrogens with one attached hydrogen (secondary N) is 2. The lowest BCUT2D eigenvalue weighted by Gasteiger charge is -2.17. The highest BCUT2D eigenvalue weighted by molar-refractivity contribution is 8.14. The van der Waals surface area contributed by atoms with Gasteiger partial charge in [0.05, 0.1) is 32.0 Å². The zero-order valence-corrected chi connectivity index (χ0v) is 48.2. The van der Waals surface area contributed by atoms with E-state index in [1.165, 1.54) is 18.2 Å². The van der Waals surface area contributed by atoms with Crippen LogP contribution in [0.2, 0.25) is 0 Å². The van der Waals surface area contributed by atoms with Gasteiger partial charge in [0.1, 0.15) is 46.9 Å². The van der Waals surface area contributed by atoms with Gasteiger partial charge in [-0.2, -0.15) is 0 Å². The van der Waals surface area contributed by atoms with Crippen LogP contribution in [0.4, 0.5) is 0 Å². The topological polar surface area (TPSA) is 174 Å². The second kappa shape index (κ2) is 33.9. The van der Waals surface area contributed by atoms with E-state index >= 15 is 0 Å². The van der Waals surface area contributed by atoms with Crippen LogP contribution >= 0.6 is 11.8 Å². The minimum Gasteiger partial charge on any atom is -0.494 e. The van der Waals surface area contributed by atoms with E-state index in [1.807, 2.05) is 88.4 Å². The lowest BCUT2D eigenvalue weighted by atomic mass is 9.97. The maximum Gasteiger partial charge on any atom is 0.344 e. The number of benzene rings is 6. The number of carbonyl (C=O) groups excluding carboxylic acids is 5. The third-order valence-electron chi connectivity index (χ3n) is 13.1. The Morgan fingerprint density at radius 2 is 0.963 bits per heavy atom. The highest BCUT2D eigenvalue weighted by Crippen LogP contribution is 2.31. The molecule has 0 bridgehead atoms. The molecule has 0 unspecified atom stereocenters. The van der Waals surface area contributed by atoms with Crippen molar-refractivity contribution in [2.45, 2.75) is 97.0 Å². The fourth-order valence-electron chi connectivity index (χ4n) is 8.29. The maximum absolute atomic E-state index is 13.4. The lowest BCUT2D eigenvalue weighted by molar-refractivity contribution is -0.129. The molecular formula is C67H74N2O12S. The number of thioether (sulfide) groups is 1. The van der Waals surface area contributed by atoms with Gasteiger partial charge in [0.2, 0.25) is 16.9 Å². The third kappa shape index (κ3) is 21.5. The molecule has 0 spiro atoms. The van der Waals surface area contributed by atoms with Crippen LogP contribution in [0.3, 0.4) is 0 Å². The van der Waals surface area contributed by atoms with Crippen molar-refractivity contribution >= 4 is 46.7 Å². The summed E-state index contributed by atoms with van der Waals surface area (Å²) in [5.41, 5.74) is 6.31. The molecule has 0 heterocycles. The standard InChI is InChI=1S/C67H74N2O12S/c1-7-62(70)68-38-12-16-41-76-54-24-18-51(19-25-54)46-79-57-30-34-59(35-31-57)81-66(73)65-48(4)45-61(49(5)50(65)6)78-43-15-11-9-10-14-40-75-55-26-20-53(21-27-55)67(74)82-60-36-22-52(47(3)44-60)23-37-64(72)80-58-32-28-56(29-33-58)77-42-17-13-39-69-63(71)8-2/h7-8,18-37,44-45H,1-2,9-17,38-43,46H2,3-6H3,(H,68,70)(H,69,71)/b37-23+. The van der Waals surface area contributed by atoms with E-state index in [1.54, 1.807) is 66.7 Å². The van der Waals surface area contributed by atoms with Crippen LogP contribution in [-0.4, -0.2) is 68.4 Å². The van der Waals surface area contributed by atoms with Crippen molar-refractivity contribution in [3.8, 4) is 40.2 Å². The number of carbonyl (C=O) groups is 5. The van der Waals surface area contributed by atoms with Crippen molar-refractivity contribution in [3.63, 3.8) is 0 Å². The number of amides is 2. The quantitative estimate of drug-likeness (QED) is 0.0129. The van der Waals surface area contributed by atoms with Gasteiger partial charge < -0.3 is 43.8 Å². The van der Waals surface area contributed by atoms with Gasteiger partial charge in [-0.1, -0.05) is 50.6 Å². The van der Waals surface area contributed by atoms with Crippen LogP contribution in [0, 0.1) is 27.7 Å². The van der Waals surface area contributed by atoms with Crippen molar-refractivity contribution in [2.24, 2.45) is 0 Å². The van der Waals surface area contributed by atoms with Gasteiger partial charge in [-0.05, 0) is 233 Å². The Morgan fingerprint density at radius 1 is 0.488 bits per heavy atom. The SMILES string of the molecule is C=CC(=O)NCCCCOc1ccc(COc2ccc(OC(=O)c3c(C)cc(OCCCCCCCOc4ccc(C(=O)Sc5ccc(/C=C/C(=O)Oc6ccc(OCCCCNC(=O)C=C)cc6)c(C)c5)cc4)c(C)c3C)cc2)cc1. The lowest BCUT2D eigenvalue weighted by Crippen LogP contribution is -2.22. The van der Waals surface area contributed by atoms with Crippen LogP contribution in [0.25, 0.3) is 6.08 Å². The fourth-order valence-corrected chi connectivity index (χ4v) is 9.13. The molecular weight excluding hydrogens is 1060 g/mol. The van der Waals surface area contributed by atoms with Crippen molar-refractivity contribution in [1.29, 1.82) is 0 Å². The van der Waals surface area contributed by atoms with Crippen LogP contribution in [0.5, 0.6) is 40.2 Å². The molecule has 430 valence electrons. The monoisotopic (exact) mass is 1130 g/mol. The van der Waals surface area contributed by atoms with Gasteiger partial charge in [-0.3, -0.25) is 14.4 Å². The molecule has 0 aliphatic heterocycles. The van der Waals surface area contributed by atoms with Gasteiger partial charge in [0.25, 0.3) is 0 Å². The molecule has 14 nitrogen and oxygen atoms in total.